The molecule has 0 saturated heterocycles. The third-order valence-electron chi connectivity index (χ3n) is 4.18. The van der Waals surface area contributed by atoms with Gasteiger partial charge in [-0.05, 0) is 56.6 Å². The minimum atomic E-state index is 0.582. The van der Waals surface area contributed by atoms with Gasteiger partial charge in [0.2, 0.25) is 0 Å². The van der Waals surface area contributed by atoms with E-state index in [1.807, 2.05) is 0 Å². The highest BCUT2D eigenvalue weighted by molar-refractivity contribution is 5.98. The Bertz CT molecular complexity index is 696. The maximum Gasteiger partial charge on any atom is -0.0175 e. The van der Waals surface area contributed by atoms with Crippen molar-refractivity contribution in [1.82, 2.24) is 0 Å². The van der Waals surface area contributed by atoms with Crippen LogP contribution in [0.5, 0.6) is 0 Å². The van der Waals surface area contributed by atoms with Crippen LogP contribution in [0.25, 0.3) is 21.5 Å². The average molecular weight is 262 g/mol. The summed E-state index contributed by atoms with van der Waals surface area (Å²) in [5.41, 5.74) is 2.83. The zero-order valence-corrected chi connectivity index (χ0v) is 12.8. The zero-order chi connectivity index (χ0) is 14.3. The summed E-state index contributed by atoms with van der Waals surface area (Å²) in [5.74, 6) is 1.16. The molecule has 20 heavy (non-hydrogen) atoms. The fourth-order valence-corrected chi connectivity index (χ4v) is 2.75. The Labute approximate surface area is 121 Å². The van der Waals surface area contributed by atoms with E-state index in [1.165, 1.54) is 32.7 Å². The van der Waals surface area contributed by atoms with Crippen molar-refractivity contribution in [3.05, 3.63) is 59.7 Å². The maximum absolute atomic E-state index is 2.33. The van der Waals surface area contributed by atoms with Crippen molar-refractivity contribution in [3.8, 4) is 0 Å². The molecule has 3 rings (SSSR count). The lowest BCUT2D eigenvalue weighted by Gasteiger charge is -2.10. The number of benzene rings is 3. The van der Waals surface area contributed by atoms with Crippen molar-refractivity contribution in [2.75, 3.05) is 0 Å². The largest absolute Gasteiger partial charge is 0.0587 e. The molecule has 3 aromatic rings. The van der Waals surface area contributed by atoms with E-state index >= 15 is 0 Å². The number of fused-ring (bicyclic) bond motifs is 2. The fourth-order valence-electron chi connectivity index (χ4n) is 2.75. The molecule has 0 spiro atoms. The first-order valence-electron chi connectivity index (χ1n) is 7.52. The van der Waals surface area contributed by atoms with E-state index < -0.39 is 0 Å². The second kappa shape index (κ2) is 4.94. The van der Waals surface area contributed by atoms with Crippen LogP contribution in [0, 0.1) is 0 Å². The van der Waals surface area contributed by atoms with Crippen molar-refractivity contribution >= 4 is 21.5 Å². The van der Waals surface area contributed by atoms with Crippen molar-refractivity contribution in [2.24, 2.45) is 0 Å². The molecule has 0 radical (unpaired) electrons. The van der Waals surface area contributed by atoms with Crippen molar-refractivity contribution in [3.63, 3.8) is 0 Å². The summed E-state index contributed by atoms with van der Waals surface area (Å²) in [6.07, 6.45) is 0. The molecule has 0 fully saturated rings. The van der Waals surface area contributed by atoms with Gasteiger partial charge in [0.1, 0.15) is 0 Å². The molecule has 3 aromatic carbocycles. The van der Waals surface area contributed by atoms with Crippen LogP contribution in [0.3, 0.4) is 0 Å². The SMILES string of the molecule is CC(C)c1ccc2cc3cc(C(C)C)ccc3cc2c1. The number of hydrogen-bond donors (Lipinski definition) is 0. The van der Waals surface area contributed by atoms with Crippen LogP contribution in [-0.4, -0.2) is 0 Å². The molecule has 0 unspecified atom stereocenters. The highest BCUT2D eigenvalue weighted by Gasteiger charge is 2.04. The Kier molecular flexibility index (Phi) is 3.25. The molecule has 102 valence electrons. The van der Waals surface area contributed by atoms with Crippen LogP contribution in [0.15, 0.2) is 48.5 Å². The number of rotatable bonds is 2. The first kappa shape index (κ1) is 13.2. The summed E-state index contributed by atoms with van der Waals surface area (Å²) in [6, 6.07) is 18.3. The van der Waals surface area contributed by atoms with Crippen LogP contribution >= 0.6 is 0 Å². The minimum absolute atomic E-state index is 0.582. The second-order valence-corrected chi connectivity index (χ2v) is 6.37. The molecule has 0 atom stereocenters. The lowest BCUT2D eigenvalue weighted by Crippen LogP contribution is -1.88. The maximum atomic E-state index is 2.33. The molecule has 0 N–H and O–H groups in total. The Balaban J connectivity index is 2.22. The quantitative estimate of drug-likeness (QED) is 0.479. The third kappa shape index (κ3) is 2.31. The Morgan fingerprint density at radius 3 is 1.25 bits per heavy atom. The predicted molar refractivity (Wildman–Crippen MR) is 89.6 cm³/mol. The van der Waals surface area contributed by atoms with Gasteiger partial charge in [-0.3, -0.25) is 0 Å². The van der Waals surface area contributed by atoms with E-state index in [2.05, 4.69) is 76.2 Å². The summed E-state index contributed by atoms with van der Waals surface area (Å²) in [6.45, 7) is 8.99. The van der Waals surface area contributed by atoms with Crippen molar-refractivity contribution in [2.45, 2.75) is 39.5 Å². The van der Waals surface area contributed by atoms with Crippen LogP contribution < -0.4 is 0 Å². The zero-order valence-electron chi connectivity index (χ0n) is 12.8. The summed E-state index contributed by atoms with van der Waals surface area (Å²) in [7, 11) is 0. The molecule has 0 bridgehead atoms. The van der Waals surface area contributed by atoms with E-state index in [-0.39, 0.29) is 0 Å². The predicted octanol–water partition coefficient (Wildman–Crippen LogP) is 6.24. The van der Waals surface area contributed by atoms with Gasteiger partial charge in [0, 0.05) is 0 Å². The van der Waals surface area contributed by atoms with Gasteiger partial charge in [-0.25, -0.2) is 0 Å². The van der Waals surface area contributed by atoms with E-state index in [0.29, 0.717) is 11.8 Å². The third-order valence-corrected chi connectivity index (χ3v) is 4.18. The molecular formula is C20H22. The smallest absolute Gasteiger partial charge is 0.0175 e. The fraction of sp³-hybridized carbons (Fsp3) is 0.300. The monoisotopic (exact) mass is 262 g/mol. The molecule has 0 aromatic heterocycles. The first-order valence-corrected chi connectivity index (χ1v) is 7.52. The normalized spacial score (nSPS) is 11.9. The second-order valence-electron chi connectivity index (χ2n) is 6.37. The van der Waals surface area contributed by atoms with Crippen LogP contribution in [0.2, 0.25) is 0 Å². The standard InChI is InChI=1S/C20H22/c1-13(2)15-5-7-17-12-20-10-16(14(3)4)6-8-18(20)11-19(17)9-15/h5-14H,1-4H3. The summed E-state index contributed by atoms with van der Waals surface area (Å²) in [5, 5.41) is 5.37. The van der Waals surface area contributed by atoms with Gasteiger partial charge in [0.05, 0.1) is 0 Å². The van der Waals surface area contributed by atoms with Crippen molar-refractivity contribution in [1.29, 1.82) is 0 Å². The Morgan fingerprint density at radius 1 is 0.500 bits per heavy atom. The molecule has 0 aliphatic heterocycles. The summed E-state index contributed by atoms with van der Waals surface area (Å²) >= 11 is 0. The molecule has 0 heteroatoms. The topological polar surface area (TPSA) is 0 Å². The molecule has 0 heterocycles. The molecule has 0 saturated carbocycles. The molecule has 0 aliphatic carbocycles. The van der Waals surface area contributed by atoms with Crippen LogP contribution in [0.1, 0.15) is 50.7 Å². The van der Waals surface area contributed by atoms with E-state index in [0.717, 1.165) is 0 Å². The Hall–Kier alpha value is -1.82. The molecule has 0 nitrogen and oxygen atoms in total. The molecule has 0 amide bonds. The van der Waals surface area contributed by atoms with E-state index in [9.17, 15) is 0 Å². The Morgan fingerprint density at radius 2 is 0.900 bits per heavy atom. The van der Waals surface area contributed by atoms with Crippen LogP contribution in [0.4, 0.5) is 0 Å². The highest BCUT2D eigenvalue weighted by Crippen LogP contribution is 2.28. The lowest BCUT2D eigenvalue weighted by molar-refractivity contribution is 0.868. The van der Waals surface area contributed by atoms with E-state index in [4.69, 9.17) is 0 Å². The highest BCUT2D eigenvalue weighted by atomic mass is 14.1. The average Bonchev–Trinajstić information content (AvgIpc) is 2.43. The van der Waals surface area contributed by atoms with E-state index in [1.54, 1.807) is 0 Å². The molecular weight excluding hydrogens is 240 g/mol. The van der Waals surface area contributed by atoms with Gasteiger partial charge in [0.25, 0.3) is 0 Å². The number of hydrogen-bond acceptors (Lipinski definition) is 0. The van der Waals surface area contributed by atoms with Crippen LogP contribution in [-0.2, 0) is 0 Å². The van der Waals surface area contributed by atoms with Gasteiger partial charge in [-0.15, -0.1) is 0 Å². The lowest BCUT2D eigenvalue weighted by atomic mass is 9.95. The molecule has 0 aliphatic rings. The van der Waals surface area contributed by atoms with Gasteiger partial charge in [0.15, 0.2) is 0 Å². The summed E-state index contributed by atoms with van der Waals surface area (Å²) < 4.78 is 0. The van der Waals surface area contributed by atoms with Crippen molar-refractivity contribution < 1.29 is 0 Å². The van der Waals surface area contributed by atoms with Gasteiger partial charge in [-0.2, -0.15) is 0 Å². The minimum Gasteiger partial charge on any atom is -0.0587 e. The first-order chi connectivity index (χ1) is 9.54. The summed E-state index contributed by atoms with van der Waals surface area (Å²) in [4.78, 5) is 0. The van der Waals surface area contributed by atoms with Gasteiger partial charge < -0.3 is 0 Å². The van der Waals surface area contributed by atoms with Gasteiger partial charge >= 0.3 is 0 Å². The van der Waals surface area contributed by atoms with Gasteiger partial charge in [-0.1, -0.05) is 64.1 Å².